The van der Waals surface area contributed by atoms with Crippen LogP contribution in [-0.2, 0) is 9.59 Å². The van der Waals surface area contributed by atoms with Crippen LogP contribution in [0, 0.1) is 11.8 Å². The Morgan fingerprint density at radius 2 is 2.00 bits per heavy atom. The van der Waals surface area contributed by atoms with Gasteiger partial charge in [0.25, 0.3) is 5.91 Å². The van der Waals surface area contributed by atoms with Crippen molar-refractivity contribution in [2.24, 2.45) is 11.8 Å². The van der Waals surface area contributed by atoms with E-state index in [1.807, 2.05) is 0 Å². The maximum absolute atomic E-state index is 12.9. The van der Waals surface area contributed by atoms with Crippen LogP contribution in [-0.4, -0.2) is 60.7 Å². The Morgan fingerprint density at radius 1 is 1.31 bits per heavy atom. The van der Waals surface area contributed by atoms with Crippen LogP contribution in [0.4, 0.5) is 13.2 Å². The zero-order chi connectivity index (χ0) is 19.5. The molecule has 1 saturated heterocycles. The van der Waals surface area contributed by atoms with Crippen LogP contribution in [0.5, 0.6) is 5.75 Å². The number of alkyl halides is 3. The Labute approximate surface area is 146 Å². The molecule has 26 heavy (non-hydrogen) atoms. The Kier molecular flexibility index (Phi) is 5.73. The number of halogens is 3. The van der Waals surface area contributed by atoms with Crippen LogP contribution in [0.15, 0.2) is 24.3 Å². The molecule has 1 aliphatic rings. The summed E-state index contributed by atoms with van der Waals surface area (Å²) in [6.45, 7) is -1.82. The first-order valence-corrected chi connectivity index (χ1v) is 7.63. The van der Waals surface area contributed by atoms with Crippen LogP contribution in [0.25, 0.3) is 0 Å². The van der Waals surface area contributed by atoms with Crippen LogP contribution in [0.2, 0.25) is 0 Å². The van der Waals surface area contributed by atoms with Crippen molar-refractivity contribution in [3.8, 4) is 5.75 Å². The highest BCUT2D eigenvalue weighted by molar-refractivity contribution is 5.96. The highest BCUT2D eigenvalue weighted by Crippen LogP contribution is 2.37. The fraction of sp³-hybridized carbons (Fsp3) is 0.438. The molecule has 0 unspecified atom stereocenters. The molecule has 1 aromatic rings. The minimum absolute atomic E-state index is 0.218. The number of carbonyl (C=O) groups is 3. The van der Waals surface area contributed by atoms with Crippen LogP contribution >= 0.6 is 0 Å². The van der Waals surface area contributed by atoms with Gasteiger partial charge >= 0.3 is 12.1 Å². The Balaban J connectivity index is 1.97. The first-order valence-electron chi connectivity index (χ1n) is 7.63. The fourth-order valence-electron chi connectivity index (χ4n) is 2.72. The summed E-state index contributed by atoms with van der Waals surface area (Å²) < 4.78 is 43.8. The summed E-state index contributed by atoms with van der Waals surface area (Å²) in [5, 5.41) is 11.3. The maximum atomic E-state index is 12.9. The molecule has 2 atom stereocenters. The van der Waals surface area contributed by atoms with Crippen LogP contribution < -0.4 is 10.1 Å². The third-order valence-corrected chi connectivity index (χ3v) is 4.14. The number of hydrogen-bond acceptors (Lipinski definition) is 4. The smallest absolute Gasteiger partial charge is 0.394 e. The lowest BCUT2D eigenvalue weighted by Gasteiger charge is -2.18. The summed E-state index contributed by atoms with van der Waals surface area (Å²) >= 11 is 0. The second-order valence-corrected chi connectivity index (χ2v) is 5.81. The lowest BCUT2D eigenvalue weighted by molar-refractivity contribution is -0.188. The molecule has 7 nitrogen and oxygen atoms in total. The Hall–Kier alpha value is -2.78. The lowest BCUT2D eigenvalue weighted by atomic mass is 9.96. The molecular weight excluding hydrogens is 357 g/mol. The number of rotatable bonds is 5. The van der Waals surface area contributed by atoms with Gasteiger partial charge in [0, 0.05) is 18.7 Å². The van der Waals surface area contributed by atoms with E-state index in [0.717, 1.165) is 4.90 Å². The van der Waals surface area contributed by atoms with E-state index >= 15 is 0 Å². The second kappa shape index (κ2) is 7.63. The normalized spacial score (nSPS) is 19.9. The Bertz CT molecular complexity index is 707. The van der Waals surface area contributed by atoms with Crippen molar-refractivity contribution >= 4 is 17.8 Å². The number of likely N-dealkylation sites (tertiary alicyclic amines) is 1. The first kappa shape index (κ1) is 19.5. The lowest BCUT2D eigenvalue weighted by Crippen LogP contribution is -2.39. The van der Waals surface area contributed by atoms with E-state index in [-0.39, 0.29) is 5.56 Å². The van der Waals surface area contributed by atoms with E-state index in [9.17, 15) is 27.6 Å². The van der Waals surface area contributed by atoms with Crippen molar-refractivity contribution in [1.29, 1.82) is 0 Å². The largest absolute Gasteiger partial charge is 0.497 e. The fourth-order valence-corrected chi connectivity index (χ4v) is 2.72. The van der Waals surface area contributed by atoms with Crippen molar-refractivity contribution < 1.29 is 37.4 Å². The molecule has 0 radical (unpaired) electrons. The number of carbonyl (C=O) groups excluding carboxylic acids is 2. The SMILES string of the molecule is COc1cccc(C(=O)NCC(=O)N2C[C@@H](C(F)(F)F)[C@H](C(=O)O)C2)c1. The molecule has 1 aliphatic heterocycles. The predicted octanol–water partition coefficient (Wildman–Crippen LogP) is 1.15. The molecule has 2 amide bonds. The van der Waals surface area contributed by atoms with Gasteiger partial charge in [-0.15, -0.1) is 0 Å². The van der Waals surface area contributed by atoms with E-state index in [4.69, 9.17) is 9.84 Å². The molecule has 1 aromatic carbocycles. The van der Waals surface area contributed by atoms with Gasteiger partial charge in [0.1, 0.15) is 5.75 Å². The molecule has 2 N–H and O–H groups in total. The molecule has 0 aromatic heterocycles. The van der Waals surface area contributed by atoms with Crippen molar-refractivity contribution in [3.63, 3.8) is 0 Å². The molecule has 142 valence electrons. The quantitative estimate of drug-likeness (QED) is 0.806. The van der Waals surface area contributed by atoms with E-state index < -0.39 is 55.4 Å². The molecule has 10 heteroatoms. The van der Waals surface area contributed by atoms with Gasteiger partial charge in [0.15, 0.2) is 0 Å². The van der Waals surface area contributed by atoms with Gasteiger partial charge in [-0.3, -0.25) is 14.4 Å². The van der Waals surface area contributed by atoms with Crippen molar-refractivity contribution in [2.75, 3.05) is 26.7 Å². The van der Waals surface area contributed by atoms with Crippen LogP contribution in [0.3, 0.4) is 0 Å². The summed E-state index contributed by atoms with van der Waals surface area (Å²) in [4.78, 5) is 35.9. The second-order valence-electron chi connectivity index (χ2n) is 5.81. The number of carboxylic acid groups (broad SMARTS) is 1. The van der Waals surface area contributed by atoms with Gasteiger partial charge in [-0.25, -0.2) is 0 Å². The monoisotopic (exact) mass is 374 g/mol. The summed E-state index contributed by atoms with van der Waals surface area (Å²) in [7, 11) is 1.42. The summed E-state index contributed by atoms with van der Waals surface area (Å²) in [6, 6.07) is 6.12. The van der Waals surface area contributed by atoms with E-state index in [1.54, 1.807) is 12.1 Å². The van der Waals surface area contributed by atoms with Crippen molar-refractivity contribution in [1.82, 2.24) is 10.2 Å². The van der Waals surface area contributed by atoms with Crippen LogP contribution in [0.1, 0.15) is 10.4 Å². The molecule has 0 bridgehead atoms. The molecule has 0 aliphatic carbocycles. The number of amides is 2. The zero-order valence-corrected chi connectivity index (χ0v) is 13.7. The van der Waals surface area contributed by atoms with Gasteiger partial charge in [0.05, 0.1) is 25.5 Å². The average molecular weight is 374 g/mol. The molecular formula is C16H17F3N2O5. The van der Waals surface area contributed by atoms with Crippen molar-refractivity contribution in [3.05, 3.63) is 29.8 Å². The average Bonchev–Trinajstić information content (AvgIpc) is 3.05. The maximum Gasteiger partial charge on any atom is 0.394 e. The predicted molar refractivity (Wildman–Crippen MR) is 82.6 cm³/mol. The van der Waals surface area contributed by atoms with Gasteiger partial charge in [0.2, 0.25) is 5.91 Å². The number of nitrogens with one attached hydrogen (secondary N) is 1. The third kappa shape index (κ3) is 4.44. The summed E-state index contributed by atoms with van der Waals surface area (Å²) in [5.41, 5.74) is 0.218. The van der Waals surface area contributed by atoms with Gasteiger partial charge in [-0.1, -0.05) is 6.07 Å². The number of methoxy groups -OCH3 is 1. The highest BCUT2D eigenvalue weighted by atomic mass is 19.4. The first-order chi connectivity index (χ1) is 12.1. The van der Waals surface area contributed by atoms with Gasteiger partial charge in [-0.05, 0) is 18.2 Å². The molecule has 0 spiro atoms. The van der Waals surface area contributed by atoms with Gasteiger partial charge < -0.3 is 20.1 Å². The molecule has 0 saturated carbocycles. The highest BCUT2D eigenvalue weighted by Gasteiger charge is 2.53. The minimum atomic E-state index is -4.72. The number of nitrogens with zero attached hydrogens (tertiary/aromatic N) is 1. The van der Waals surface area contributed by atoms with E-state index in [1.165, 1.54) is 19.2 Å². The van der Waals surface area contributed by atoms with Gasteiger partial charge in [-0.2, -0.15) is 13.2 Å². The standard InChI is InChI=1S/C16H17F3N2O5/c1-26-10-4-2-3-9(5-10)14(23)20-6-13(22)21-7-11(15(24)25)12(8-21)16(17,18)19/h2-5,11-12H,6-8H2,1H3,(H,20,23)(H,24,25)/t11-,12-/m1/s1. The number of ether oxygens (including phenoxy) is 1. The van der Waals surface area contributed by atoms with E-state index in [2.05, 4.69) is 5.32 Å². The summed E-state index contributed by atoms with van der Waals surface area (Å²) in [5.74, 6) is -6.40. The molecule has 1 heterocycles. The number of hydrogen-bond donors (Lipinski definition) is 2. The van der Waals surface area contributed by atoms with Crippen molar-refractivity contribution in [2.45, 2.75) is 6.18 Å². The van der Waals surface area contributed by atoms with E-state index in [0.29, 0.717) is 5.75 Å². The number of benzene rings is 1. The minimum Gasteiger partial charge on any atom is -0.497 e. The molecule has 2 rings (SSSR count). The topological polar surface area (TPSA) is 95.9 Å². The molecule has 1 fully saturated rings. The number of carboxylic acids is 1. The summed E-state index contributed by atoms with van der Waals surface area (Å²) in [6.07, 6.45) is -4.72. The Morgan fingerprint density at radius 3 is 2.54 bits per heavy atom. The third-order valence-electron chi connectivity index (χ3n) is 4.14. The number of aliphatic carboxylic acids is 1. The zero-order valence-electron chi connectivity index (χ0n) is 13.7.